The predicted octanol–water partition coefficient (Wildman–Crippen LogP) is 5.21. The van der Waals surface area contributed by atoms with Crippen molar-refractivity contribution in [2.24, 2.45) is 0 Å². The summed E-state index contributed by atoms with van der Waals surface area (Å²) in [6.07, 6.45) is 0. The molecular formula is C17H13ClF4N2O3S. The van der Waals surface area contributed by atoms with E-state index in [2.05, 4.69) is 5.32 Å². The van der Waals surface area contributed by atoms with E-state index in [9.17, 15) is 27.2 Å². The van der Waals surface area contributed by atoms with Crippen LogP contribution in [0.1, 0.15) is 10.4 Å². The van der Waals surface area contributed by atoms with Crippen molar-refractivity contribution in [2.45, 2.75) is 10.7 Å². The van der Waals surface area contributed by atoms with Crippen LogP contribution in [0.2, 0.25) is 5.02 Å². The van der Waals surface area contributed by atoms with E-state index in [1.54, 1.807) is 0 Å². The molecule has 0 unspecified atom stereocenters. The van der Waals surface area contributed by atoms with Gasteiger partial charge in [-0.2, -0.15) is 8.78 Å². The number of hydrogen-bond acceptors (Lipinski definition) is 4. The number of anilines is 1. The average molecular weight is 437 g/mol. The number of halogens is 5. The Hall–Kier alpha value is -2.30. The third-order valence-corrected chi connectivity index (χ3v) is 4.35. The molecule has 5 nitrogen and oxygen atoms in total. The van der Waals surface area contributed by atoms with E-state index in [4.69, 9.17) is 16.3 Å². The van der Waals surface area contributed by atoms with Crippen LogP contribution >= 0.6 is 23.4 Å². The molecule has 0 fully saturated rings. The van der Waals surface area contributed by atoms with E-state index in [1.165, 1.54) is 25.3 Å². The Labute approximate surface area is 166 Å². The van der Waals surface area contributed by atoms with Gasteiger partial charge in [-0.1, -0.05) is 29.4 Å². The normalized spacial score (nSPS) is 10.8. The summed E-state index contributed by atoms with van der Waals surface area (Å²) >= 11 is 5.97. The lowest BCUT2D eigenvalue weighted by atomic mass is 10.2. The predicted molar refractivity (Wildman–Crippen MR) is 96.7 cm³/mol. The number of nitrogens with zero attached hydrogens (tertiary/aromatic N) is 1. The van der Waals surface area contributed by atoms with Crippen molar-refractivity contribution >= 4 is 41.0 Å². The largest absolute Gasteiger partial charge is 0.364 e. The van der Waals surface area contributed by atoms with Gasteiger partial charge in [0.15, 0.2) is 0 Å². The standard InChI is InChI=1S/C17H13ClF4N2O3S/c1-27-8-24(15(25)14-10(18)3-2-4-11(14)19)17(26)23-13-6-5-9(7-12(13)20)28-16(21)22/h2-7,16H,8H2,1H3,(H,23,26). The van der Waals surface area contributed by atoms with Crippen LogP contribution in [-0.4, -0.2) is 36.4 Å². The second-order valence-corrected chi connectivity index (χ2v) is 6.67. The zero-order chi connectivity index (χ0) is 20.8. The molecule has 0 heterocycles. The molecule has 0 radical (unpaired) electrons. The second kappa shape index (κ2) is 9.76. The van der Waals surface area contributed by atoms with Gasteiger partial charge in [-0.25, -0.2) is 18.5 Å². The second-order valence-electron chi connectivity index (χ2n) is 5.20. The quantitative estimate of drug-likeness (QED) is 0.383. The molecule has 0 aliphatic rings. The molecule has 0 spiro atoms. The van der Waals surface area contributed by atoms with Crippen LogP contribution in [0.25, 0.3) is 0 Å². The molecular weight excluding hydrogens is 424 g/mol. The minimum Gasteiger partial charge on any atom is -0.364 e. The number of urea groups is 1. The maximum atomic E-state index is 14.1. The SMILES string of the molecule is COCN(C(=O)Nc1ccc(SC(F)F)cc1F)C(=O)c1c(F)cccc1Cl. The molecule has 28 heavy (non-hydrogen) atoms. The average Bonchev–Trinajstić information content (AvgIpc) is 2.61. The van der Waals surface area contributed by atoms with Gasteiger partial charge < -0.3 is 10.1 Å². The van der Waals surface area contributed by atoms with E-state index in [0.29, 0.717) is 4.90 Å². The first-order chi connectivity index (χ1) is 13.2. The molecule has 1 N–H and O–H groups in total. The Morgan fingerprint density at radius 2 is 1.93 bits per heavy atom. The fraction of sp³-hybridized carbons (Fsp3) is 0.176. The van der Waals surface area contributed by atoms with Crippen LogP contribution in [0, 0.1) is 11.6 Å². The third kappa shape index (κ3) is 5.37. The molecule has 0 aliphatic carbocycles. The minimum atomic E-state index is -2.74. The van der Waals surface area contributed by atoms with Gasteiger partial charge in [0.1, 0.15) is 18.4 Å². The lowest BCUT2D eigenvalue weighted by molar-refractivity contribution is 0.0552. The number of amides is 3. The molecule has 0 saturated carbocycles. The first-order valence-electron chi connectivity index (χ1n) is 7.54. The molecule has 11 heteroatoms. The first-order valence-corrected chi connectivity index (χ1v) is 8.80. The summed E-state index contributed by atoms with van der Waals surface area (Å²) in [5, 5.41) is 1.89. The van der Waals surface area contributed by atoms with E-state index >= 15 is 0 Å². The third-order valence-electron chi connectivity index (χ3n) is 3.33. The summed E-state index contributed by atoms with van der Waals surface area (Å²) in [7, 11) is 1.19. The molecule has 0 atom stereocenters. The van der Waals surface area contributed by atoms with Crippen molar-refractivity contribution in [1.82, 2.24) is 4.90 Å². The zero-order valence-electron chi connectivity index (χ0n) is 14.2. The van der Waals surface area contributed by atoms with Gasteiger partial charge in [-0.05, 0) is 30.3 Å². The fourth-order valence-corrected chi connectivity index (χ4v) is 2.90. The smallest absolute Gasteiger partial charge is 0.330 e. The number of benzene rings is 2. The highest BCUT2D eigenvalue weighted by atomic mass is 35.5. The summed E-state index contributed by atoms with van der Waals surface area (Å²) in [5.74, 6) is -5.79. The lowest BCUT2D eigenvalue weighted by Gasteiger charge is -2.21. The summed E-state index contributed by atoms with van der Waals surface area (Å²) in [4.78, 5) is 25.4. The number of imide groups is 1. The van der Waals surface area contributed by atoms with Gasteiger partial charge in [-0.3, -0.25) is 4.79 Å². The number of methoxy groups -OCH3 is 1. The highest BCUT2D eigenvalue weighted by Crippen LogP contribution is 2.28. The molecule has 0 bridgehead atoms. The van der Waals surface area contributed by atoms with Crippen LogP contribution in [0.4, 0.5) is 28.0 Å². The van der Waals surface area contributed by atoms with E-state index < -0.39 is 41.6 Å². The summed E-state index contributed by atoms with van der Waals surface area (Å²) in [6.45, 7) is -0.573. The molecule has 2 aromatic rings. The molecule has 0 aliphatic heterocycles. The van der Waals surface area contributed by atoms with Crippen LogP contribution < -0.4 is 5.32 Å². The topological polar surface area (TPSA) is 58.6 Å². The van der Waals surface area contributed by atoms with Crippen molar-refractivity contribution < 1.29 is 31.9 Å². The van der Waals surface area contributed by atoms with Gasteiger partial charge in [0.25, 0.3) is 11.7 Å². The first kappa shape index (κ1) is 22.0. The Bertz CT molecular complexity index is 865. The molecule has 0 aromatic heterocycles. The number of alkyl halides is 2. The molecule has 3 amide bonds. The Kier molecular flexibility index (Phi) is 7.67. The maximum Gasteiger partial charge on any atom is 0.330 e. The van der Waals surface area contributed by atoms with Crippen LogP contribution in [-0.2, 0) is 4.74 Å². The number of ether oxygens (including phenoxy) is 1. The van der Waals surface area contributed by atoms with Gasteiger partial charge in [0.05, 0.1) is 16.3 Å². The van der Waals surface area contributed by atoms with Crippen molar-refractivity contribution in [3.8, 4) is 0 Å². The van der Waals surface area contributed by atoms with Gasteiger partial charge in [0.2, 0.25) is 0 Å². The summed E-state index contributed by atoms with van der Waals surface area (Å²) in [5.41, 5.74) is -0.919. The number of carbonyl (C=O) groups excluding carboxylic acids is 2. The van der Waals surface area contributed by atoms with E-state index in [-0.39, 0.29) is 27.4 Å². The van der Waals surface area contributed by atoms with E-state index in [0.717, 1.165) is 18.2 Å². The number of carbonyl (C=O) groups is 2. The van der Waals surface area contributed by atoms with Crippen molar-refractivity contribution in [2.75, 3.05) is 19.2 Å². The van der Waals surface area contributed by atoms with E-state index in [1.807, 2.05) is 0 Å². The molecule has 0 saturated heterocycles. The zero-order valence-corrected chi connectivity index (χ0v) is 15.8. The monoisotopic (exact) mass is 436 g/mol. The lowest BCUT2D eigenvalue weighted by Crippen LogP contribution is -2.41. The van der Waals surface area contributed by atoms with Crippen LogP contribution in [0.5, 0.6) is 0 Å². The number of thioether (sulfide) groups is 1. The van der Waals surface area contributed by atoms with Crippen LogP contribution in [0.15, 0.2) is 41.3 Å². The highest BCUT2D eigenvalue weighted by Gasteiger charge is 2.28. The molecule has 2 rings (SSSR count). The Balaban J connectivity index is 2.25. The minimum absolute atomic E-state index is 0.0477. The number of rotatable bonds is 6. The van der Waals surface area contributed by atoms with Gasteiger partial charge in [-0.15, -0.1) is 0 Å². The van der Waals surface area contributed by atoms with Gasteiger partial charge in [0, 0.05) is 12.0 Å². The molecule has 2 aromatic carbocycles. The maximum absolute atomic E-state index is 14.1. The number of hydrogen-bond donors (Lipinski definition) is 1. The summed E-state index contributed by atoms with van der Waals surface area (Å²) in [6, 6.07) is 5.45. The van der Waals surface area contributed by atoms with Crippen LogP contribution in [0.3, 0.4) is 0 Å². The van der Waals surface area contributed by atoms with Crippen molar-refractivity contribution in [3.63, 3.8) is 0 Å². The van der Waals surface area contributed by atoms with Crippen molar-refractivity contribution in [1.29, 1.82) is 0 Å². The highest BCUT2D eigenvalue weighted by molar-refractivity contribution is 7.99. The molecule has 150 valence electrons. The van der Waals surface area contributed by atoms with Gasteiger partial charge >= 0.3 is 6.03 Å². The Morgan fingerprint density at radius 1 is 1.21 bits per heavy atom. The summed E-state index contributed by atoms with van der Waals surface area (Å²) < 4.78 is 57.5. The Morgan fingerprint density at radius 3 is 2.50 bits per heavy atom. The van der Waals surface area contributed by atoms with Crippen molar-refractivity contribution in [3.05, 3.63) is 58.6 Å². The fourth-order valence-electron chi connectivity index (χ4n) is 2.13. The number of nitrogens with one attached hydrogen (secondary N) is 1.